The summed E-state index contributed by atoms with van der Waals surface area (Å²) in [5.41, 5.74) is 0. The summed E-state index contributed by atoms with van der Waals surface area (Å²) in [6, 6.07) is 0. The van der Waals surface area contributed by atoms with Crippen LogP contribution in [0.5, 0.6) is 0 Å². The Morgan fingerprint density at radius 1 is 1.15 bits per heavy atom. The van der Waals surface area contributed by atoms with Gasteiger partial charge in [0.05, 0.1) is 6.10 Å². The van der Waals surface area contributed by atoms with Crippen LogP contribution in [0.2, 0.25) is 0 Å². The van der Waals surface area contributed by atoms with E-state index in [4.69, 9.17) is 4.74 Å². The van der Waals surface area contributed by atoms with Gasteiger partial charge in [0.15, 0.2) is 0 Å². The SMILES string of the molecule is CC(C)OC(=O)CC(=O)C(C)C.Cl. The summed E-state index contributed by atoms with van der Waals surface area (Å²) in [7, 11) is 0. The van der Waals surface area contributed by atoms with Crippen molar-refractivity contribution in [2.24, 2.45) is 5.92 Å². The Bertz CT molecular complexity index is 176. The third-order valence-corrected chi connectivity index (χ3v) is 1.33. The van der Waals surface area contributed by atoms with E-state index in [0.717, 1.165) is 0 Å². The summed E-state index contributed by atoms with van der Waals surface area (Å²) in [5.74, 6) is -0.589. The number of hydrogen-bond acceptors (Lipinski definition) is 3. The van der Waals surface area contributed by atoms with Crippen LogP contribution in [0.15, 0.2) is 0 Å². The van der Waals surface area contributed by atoms with Gasteiger partial charge in [-0.3, -0.25) is 9.59 Å². The summed E-state index contributed by atoms with van der Waals surface area (Å²) >= 11 is 0. The van der Waals surface area contributed by atoms with Crippen molar-refractivity contribution in [2.45, 2.75) is 40.2 Å². The molecule has 0 heterocycles. The van der Waals surface area contributed by atoms with Crippen molar-refractivity contribution in [3.63, 3.8) is 0 Å². The number of rotatable bonds is 4. The zero-order valence-electron chi connectivity index (χ0n) is 8.49. The molecule has 0 radical (unpaired) electrons. The first-order chi connectivity index (χ1) is 5.43. The number of carbonyl (C=O) groups excluding carboxylic acids is 2. The summed E-state index contributed by atoms with van der Waals surface area (Å²) < 4.78 is 4.81. The molecular weight excluding hydrogens is 192 g/mol. The van der Waals surface area contributed by atoms with E-state index in [-0.39, 0.29) is 36.6 Å². The monoisotopic (exact) mass is 208 g/mol. The van der Waals surface area contributed by atoms with Gasteiger partial charge < -0.3 is 4.74 Å². The van der Waals surface area contributed by atoms with Gasteiger partial charge in [0.2, 0.25) is 0 Å². The van der Waals surface area contributed by atoms with Crippen LogP contribution < -0.4 is 0 Å². The maximum absolute atomic E-state index is 11.0. The molecule has 0 N–H and O–H groups in total. The van der Waals surface area contributed by atoms with Gasteiger partial charge in [-0.15, -0.1) is 12.4 Å². The van der Waals surface area contributed by atoms with E-state index >= 15 is 0 Å². The molecule has 0 aromatic heterocycles. The number of ketones is 1. The van der Waals surface area contributed by atoms with E-state index in [9.17, 15) is 9.59 Å². The number of esters is 1. The van der Waals surface area contributed by atoms with Crippen molar-refractivity contribution in [1.29, 1.82) is 0 Å². The lowest BCUT2D eigenvalue weighted by Gasteiger charge is -2.07. The highest BCUT2D eigenvalue weighted by atomic mass is 35.5. The molecular formula is C9H17ClO3. The molecule has 0 unspecified atom stereocenters. The van der Waals surface area contributed by atoms with Gasteiger partial charge >= 0.3 is 5.97 Å². The number of hydrogen-bond donors (Lipinski definition) is 0. The zero-order chi connectivity index (χ0) is 9.72. The second-order valence-corrected chi connectivity index (χ2v) is 3.34. The predicted octanol–water partition coefficient (Wildman–Crippen LogP) is 1.98. The Morgan fingerprint density at radius 3 is 1.92 bits per heavy atom. The Hall–Kier alpha value is -0.570. The molecule has 0 aliphatic carbocycles. The molecule has 0 aromatic carbocycles. The zero-order valence-corrected chi connectivity index (χ0v) is 9.31. The Kier molecular flexibility index (Phi) is 7.92. The van der Waals surface area contributed by atoms with E-state index in [0.29, 0.717) is 0 Å². The lowest BCUT2D eigenvalue weighted by atomic mass is 10.1. The third-order valence-electron chi connectivity index (χ3n) is 1.33. The molecule has 0 rings (SSSR count). The van der Waals surface area contributed by atoms with Gasteiger partial charge in [-0.2, -0.15) is 0 Å². The van der Waals surface area contributed by atoms with Crippen molar-refractivity contribution in [3.8, 4) is 0 Å². The molecule has 0 bridgehead atoms. The first-order valence-electron chi connectivity index (χ1n) is 4.15. The minimum atomic E-state index is -0.427. The van der Waals surface area contributed by atoms with Gasteiger partial charge in [-0.25, -0.2) is 0 Å². The highest BCUT2D eigenvalue weighted by Crippen LogP contribution is 2.01. The van der Waals surface area contributed by atoms with E-state index in [1.165, 1.54) is 0 Å². The number of halogens is 1. The fourth-order valence-corrected chi connectivity index (χ4v) is 0.651. The second-order valence-electron chi connectivity index (χ2n) is 3.34. The standard InChI is InChI=1S/C9H16O3.ClH/c1-6(2)8(10)5-9(11)12-7(3)4;/h6-7H,5H2,1-4H3;1H. The fourth-order valence-electron chi connectivity index (χ4n) is 0.651. The molecule has 78 valence electrons. The summed E-state index contributed by atoms with van der Waals surface area (Å²) in [5, 5.41) is 0. The minimum Gasteiger partial charge on any atom is -0.463 e. The summed E-state index contributed by atoms with van der Waals surface area (Å²) in [6.07, 6.45) is -0.243. The van der Waals surface area contributed by atoms with Gasteiger partial charge in [0, 0.05) is 5.92 Å². The maximum atomic E-state index is 11.0. The average molecular weight is 209 g/mol. The normalized spacial score (nSPS) is 9.69. The largest absolute Gasteiger partial charge is 0.463 e. The molecule has 0 saturated heterocycles. The van der Waals surface area contributed by atoms with E-state index in [2.05, 4.69) is 0 Å². The number of ether oxygens (including phenoxy) is 1. The second kappa shape index (κ2) is 6.89. The highest BCUT2D eigenvalue weighted by molar-refractivity contribution is 5.96. The molecule has 0 aromatic rings. The lowest BCUT2D eigenvalue weighted by Crippen LogP contribution is -2.18. The van der Waals surface area contributed by atoms with Crippen LogP contribution in [0.25, 0.3) is 0 Å². The van der Waals surface area contributed by atoms with Crippen molar-refractivity contribution in [3.05, 3.63) is 0 Å². The summed E-state index contributed by atoms with van der Waals surface area (Å²) in [6.45, 7) is 7.06. The lowest BCUT2D eigenvalue weighted by molar-refractivity contribution is -0.149. The van der Waals surface area contributed by atoms with Gasteiger partial charge in [0.1, 0.15) is 12.2 Å². The molecule has 3 nitrogen and oxygen atoms in total. The predicted molar refractivity (Wildman–Crippen MR) is 52.9 cm³/mol. The molecule has 0 spiro atoms. The number of Topliss-reactive ketones (excluding diaryl/α,β-unsaturated/α-hetero) is 1. The maximum Gasteiger partial charge on any atom is 0.313 e. The van der Waals surface area contributed by atoms with E-state index in [1.54, 1.807) is 27.7 Å². The van der Waals surface area contributed by atoms with Crippen molar-refractivity contribution in [1.82, 2.24) is 0 Å². The molecule has 0 aliphatic heterocycles. The first kappa shape index (κ1) is 14.9. The molecule has 0 saturated carbocycles. The van der Waals surface area contributed by atoms with Crippen LogP contribution in [-0.2, 0) is 14.3 Å². The van der Waals surface area contributed by atoms with Gasteiger partial charge in [0.25, 0.3) is 0 Å². The quantitative estimate of drug-likeness (QED) is 0.524. The molecule has 0 aliphatic rings. The first-order valence-corrected chi connectivity index (χ1v) is 4.15. The van der Waals surface area contributed by atoms with Crippen molar-refractivity contribution >= 4 is 24.2 Å². The Labute approximate surface area is 85.2 Å². The van der Waals surface area contributed by atoms with Gasteiger partial charge in [-0.1, -0.05) is 13.8 Å². The Morgan fingerprint density at radius 2 is 1.62 bits per heavy atom. The fraction of sp³-hybridized carbons (Fsp3) is 0.778. The van der Waals surface area contributed by atoms with Crippen LogP contribution in [0.4, 0.5) is 0 Å². The average Bonchev–Trinajstić information content (AvgIpc) is 1.84. The molecule has 0 amide bonds. The van der Waals surface area contributed by atoms with Crippen molar-refractivity contribution < 1.29 is 14.3 Å². The van der Waals surface area contributed by atoms with Crippen LogP contribution in [0, 0.1) is 5.92 Å². The molecule has 0 fully saturated rings. The molecule has 4 heteroatoms. The third kappa shape index (κ3) is 7.78. The topological polar surface area (TPSA) is 43.4 Å². The summed E-state index contributed by atoms with van der Waals surface area (Å²) in [4.78, 5) is 22.0. The van der Waals surface area contributed by atoms with Gasteiger partial charge in [-0.05, 0) is 13.8 Å². The smallest absolute Gasteiger partial charge is 0.313 e. The van der Waals surface area contributed by atoms with Crippen LogP contribution in [0.3, 0.4) is 0 Å². The molecule has 0 atom stereocenters. The van der Waals surface area contributed by atoms with Crippen LogP contribution in [0.1, 0.15) is 34.1 Å². The van der Waals surface area contributed by atoms with Crippen molar-refractivity contribution in [2.75, 3.05) is 0 Å². The molecule has 13 heavy (non-hydrogen) atoms. The van der Waals surface area contributed by atoms with E-state index in [1.807, 2.05) is 0 Å². The van der Waals surface area contributed by atoms with Crippen LogP contribution in [-0.4, -0.2) is 17.9 Å². The minimum absolute atomic E-state index is 0. The Balaban J connectivity index is 0. The number of carbonyl (C=O) groups is 2. The highest BCUT2D eigenvalue weighted by Gasteiger charge is 2.14. The van der Waals surface area contributed by atoms with E-state index < -0.39 is 5.97 Å². The van der Waals surface area contributed by atoms with Crippen LogP contribution >= 0.6 is 12.4 Å².